The Morgan fingerprint density at radius 3 is 2.62 bits per heavy atom. The van der Waals surface area contributed by atoms with Crippen LogP contribution < -0.4 is 5.56 Å². The third-order valence-corrected chi connectivity index (χ3v) is 4.72. The number of rotatable bonds is 3. The van der Waals surface area contributed by atoms with Gasteiger partial charge in [0.2, 0.25) is 0 Å². The number of hydrogen-bond donors (Lipinski definition) is 3. The molecule has 0 fully saturated rings. The molecule has 24 heavy (non-hydrogen) atoms. The molecule has 0 saturated heterocycles. The maximum atomic E-state index is 12.6. The van der Waals surface area contributed by atoms with Crippen LogP contribution in [0.5, 0.6) is 0 Å². The molecule has 0 bridgehead atoms. The molecule has 3 atom stereocenters. The summed E-state index contributed by atoms with van der Waals surface area (Å²) in [6, 6.07) is 7.65. The van der Waals surface area contributed by atoms with Crippen LogP contribution in [-0.2, 0) is 16.0 Å². The van der Waals surface area contributed by atoms with Crippen molar-refractivity contribution in [1.82, 2.24) is 10.2 Å². The highest BCUT2D eigenvalue weighted by molar-refractivity contribution is 5.77. The SMILES string of the molecule is CCOC(=O)[C@@H]1[C@@H](c2ccc(C)cc2)c2c([nH][nH]c2=O)C[C@]1(C)O. The Morgan fingerprint density at radius 2 is 2.00 bits per heavy atom. The molecule has 0 aliphatic heterocycles. The number of H-pyrrole nitrogens is 2. The van der Waals surface area contributed by atoms with Gasteiger partial charge in [-0.2, -0.15) is 0 Å². The van der Waals surface area contributed by atoms with Gasteiger partial charge in [0.25, 0.3) is 5.56 Å². The number of benzene rings is 1. The second-order valence-electron chi connectivity index (χ2n) is 6.62. The summed E-state index contributed by atoms with van der Waals surface area (Å²) in [5.41, 5.74) is 1.45. The van der Waals surface area contributed by atoms with Gasteiger partial charge in [-0.1, -0.05) is 29.8 Å². The van der Waals surface area contributed by atoms with E-state index in [1.807, 2.05) is 31.2 Å². The average molecular weight is 330 g/mol. The summed E-state index contributed by atoms with van der Waals surface area (Å²) in [7, 11) is 0. The first-order valence-electron chi connectivity index (χ1n) is 8.10. The molecule has 0 radical (unpaired) electrons. The topological polar surface area (TPSA) is 95.2 Å². The molecule has 3 N–H and O–H groups in total. The monoisotopic (exact) mass is 330 g/mol. The van der Waals surface area contributed by atoms with Crippen molar-refractivity contribution >= 4 is 5.97 Å². The van der Waals surface area contributed by atoms with E-state index in [-0.39, 0.29) is 18.6 Å². The fraction of sp³-hybridized carbons (Fsp3) is 0.444. The van der Waals surface area contributed by atoms with Crippen LogP contribution in [0.3, 0.4) is 0 Å². The molecule has 1 heterocycles. The van der Waals surface area contributed by atoms with E-state index >= 15 is 0 Å². The lowest BCUT2D eigenvalue weighted by molar-refractivity contribution is -0.159. The van der Waals surface area contributed by atoms with E-state index in [2.05, 4.69) is 10.2 Å². The summed E-state index contributed by atoms with van der Waals surface area (Å²) in [6.07, 6.45) is 0.187. The standard InChI is InChI=1S/C18H22N2O4/c1-4-24-17(22)15-13(11-7-5-10(2)6-8-11)14-12(9-18(15,3)23)19-20-16(14)21/h5-8,13,15,23H,4,9H2,1-3H3,(H2,19,20,21)/t13-,15-,18-/m0/s1. The van der Waals surface area contributed by atoms with E-state index in [9.17, 15) is 14.7 Å². The number of esters is 1. The molecule has 1 aliphatic carbocycles. The molecule has 6 nitrogen and oxygen atoms in total. The number of aryl methyl sites for hydroxylation is 1. The van der Waals surface area contributed by atoms with Gasteiger partial charge >= 0.3 is 5.97 Å². The Kier molecular flexibility index (Phi) is 4.09. The summed E-state index contributed by atoms with van der Waals surface area (Å²) >= 11 is 0. The first kappa shape index (κ1) is 16.5. The quantitative estimate of drug-likeness (QED) is 0.746. The van der Waals surface area contributed by atoms with Crippen LogP contribution in [0.4, 0.5) is 0 Å². The van der Waals surface area contributed by atoms with E-state index in [1.54, 1.807) is 13.8 Å². The largest absolute Gasteiger partial charge is 0.466 e. The minimum atomic E-state index is -1.32. The molecule has 0 unspecified atom stereocenters. The van der Waals surface area contributed by atoms with E-state index in [1.165, 1.54) is 0 Å². The fourth-order valence-corrected chi connectivity index (χ4v) is 3.62. The lowest BCUT2D eigenvalue weighted by atomic mass is 9.66. The Bertz CT molecular complexity index is 801. The molecule has 1 aromatic carbocycles. The van der Waals surface area contributed by atoms with Crippen molar-refractivity contribution in [2.45, 2.75) is 38.7 Å². The molecule has 3 rings (SSSR count). The number of aromatic amines is 2. The highest BCUT2D eigenvalue weighted by Gasteiger charge is 2.51. The second-order valence-corrected chi connectivity index (χ2v) is 6.62. The van der Waals surface area contributed by atoms with Gasteiger partial charge in [0.1, 0.15) is 0 Å². The minimum absolute atomic E-state index is 0.187. The van der Waals surface area contributed by atoms with E-state index in [0.717, 1.165) is 11.1 Å². The van der Waals surface area contributed by atoms with E-state index in [4.69, 9.17) is 4.74 Å². The van der Waals surface area contributed by atoms with Crippen molar-refractivity contribution in [2.24, 2.45) is 5.92 Å². The number of nitrogens with one attached hydrogen (secondary N) is 2. The van der Waals surface area contributed by atoms with Crippen LogP contribution in [0.1, 0.15) is 42.1 Å². The number of fused-ring (bicyclic) bond motifs is 1. The molecule has 1 aliphatic rings. The minimum Gasteiger partial charge on any atom is -0.466 e. The summed E-state index contributed by atoms with van der Waals surface area (Å²) in [4.78, 5) is 24.9. The smallest absolute Gasteiger partial charge is 0.312 e. The fourth-order valence-electron chi connectivity index (χ4n) is 3.62. The van der Waals surface area contributed by atoms with Crippen LogP contribution in [-0.4, -0.2) is 33.5 Å². The van der Waals surface area contributed by atoms with Crippen molar-refractivity contribution in [1.29, 1.82) is 0 Å². The summed E-state index contributed by atoms with van der Waals surface area (Å²) < 4.78 is 5.20. The Labute approximate surface area is 139 Å². The third-order valence-electron chi connectivity index (χ3n) is 4.72. The molecule has 0 amide bonds. The van der Waals surface area contributed by atoms with Crippen LogP contribution in [0.25, 0.3) is 0 Å². The highest BCUT2D eigenvalue weighted by Crippen LogP contribution is 2.44. The van der Waals surface area contributed by atoms with Crippen molar-refractivity contribution in [3.63, 3.8) is 0 Å². The van der Waals surface area contributed by atoms with Crippen molar-refractivity contribution in [3.05, 3.63) is 57.0 Å². The Balaban J connectivity index is 2.20. The van der Waals surface area contributed by atoms with Crippen molar-refractivity contribution in [2.75, 3.05) is 6.61 Å². The highest BCUT2D eigenvalue weighted by atomic mass is 16.5. The number of carbonyl (C=O) groups excluding carboxylic acids is 1. The van der Waals surface area contributed by atoms with Gasteiger partial charge in [0, 0.05) is 23.6 Å². The van der Waals surface area contributed by atoms with Crippen LogP contribution in [0.15, 0.2) is 29.1 Å². The Hall–Kier alpha value is -2.34. The second kappa shape index (κ2) is 5.94. The maximum Gasteiger partial charge on any atom is 0.312 e. The van der Waals surface area contributed by atoms with Gasteiger partial charge in [-0.3, -0.25) is 14.7 Å². The first-order valence-corrected chi connectivity index (χ1v) is 8.10. The van der Waals surface area contributed by atoms with Gasteiger partial charge in [-0.25, -0.2) is 0 Å². The van der Waals surface area contributed by atoms with Crippen LogP contribution in [0, 0.1) is 12.8 Å². The lowest BCUT2D eigenvalue weighted by Gasteiger charge is -2.40. The zero-order valence-corrected chi connectivity index (χ0v) is 14.1. The molecule has 128 valence electrons. The molecular formula is C18H22N2O4. The summed E-state index contributed by atoms with van der Waals surface area (Å²) in [6.45, 7) is 5.54. The van der Waals surface area contributed by atoms with Gasteiger partial charge in [-0.15, -0.1) is 0 Å². The first-order chi connectivity index (χ1) is 11.3. The zero-order valence-electron chi connectivity index (χ0n) is 14.1. The zero-order chi connectivity index (χ0) is 17.5. The number of aliphatic hydroxyl groups is 1. The normalized spacial score (nSPS) is 26.0. The lowest BCUT2D eigenvalue weighted by Crippen LogP contribution is -2.50. The predicted octanol–water partition coefficient (Wildman–Crippen LogP) is 1.63. The third kappa shape index (κ3) is 2.67. The molecular weight excluding hydrogens is 308 g/mol. The van der Waals surface area contributed by atoms with Gasteiger partial charge in [0.15, 0.2) is 0 Å². The molecule has 0 spiro atoms. The van der Waals surface area contributed by atoms with Gasteiger partial charge in [-0.05, 0) is 26.3 Å². The maximum absolute atomic E-state index is 12.6. The number of aromatic nitrogens is 2. The molecule has 2 aromatic rings. The predicted molar refractivity (Wildman–Crippen MR) is 88.9 cm³/mol. The summed E-state index contributed by atoms with van der Waals surface area (Å²) in [5, 5.41) is 16.3. The van der Waals surface area contributed by atoms with Gasteiger partial charge < -0.3 is 14.9 Å². The summed E-state index contributed by atoms with van der Waals surface area (Å²) in [5.74, 6) is -1.89. The average Bonchev–Trinajstić information content (AvgIpc) is 2.86. The van der Waals surface area contributed by atoms with Crippen molar-refractivity contribution < 1.29 is 14.6 Å². The molecule has 1 aromatic heterocycles. The van der Waals surface area contributed by atoms with Crippen LogP contribution >= 0.6 is 0 Å². The van der Waals surface area contributed by atoms with E-state index < -0.39 is 23.4 Å². The number of carbonyl (C=O) groups is 1. The molecule has 6 heteroatoms. The molecule has 0 saturated carbocycles. The number of hydrogen-bond acceptors (Lipinski definition) is 4. The van der Waals surface area contributed by atoms with E-state index in [0.29, 0.717) is 11.3 Å². The van der Waals surface area contributed by atoms with Crippen LogP contribution in [0.2, 0.25) is 0 Å². The van der Waals surface area contributed by atoms with Crippen molar-refractivity contribution in [3.8, 4) is 0 Å². The Morgan fingerprint density at radius 1 is 1.33 bits per heavy atom. The number of ether oxygens (including phenoxy) is 1. The van der Waals surface area contributed by atoms with Gasteiger partial charge in [0.05, 0.1) is 18.1 Å².